The van der Waals surface area contributed by atoms with E-state index >= 15 is 0 Å². The van der Waals surface area contributed by atoms with Crippen molar-refractivity contribution < 1.29 is 13.9 Å². The summed E-state index contributed by atoms with van der Waals surface area (Å²) in [5.41, 5.74) is 0.993. The molecular weight excluding hydrogens is 244 g/mol. The zero-order chi connectivity index (χ0) is 13.7. The minimum absolute atomic E-state index is 0.105. The van der Waals surface area contributed by atoms with E-state index in [1.54, 1.807) is 31.6 Å². The minimum atomic E-state index is -0.244. The lowest BCUT2D eigenvalue weighted by Crippen LogP contribution is -2.26. The minimum Gasteiger partial charge on any atom is -0.453 e. The van der Waals surface area contributed by atoms with Crippen molar-refractivity contribution in [3.8, 4) is 0 Å². The van der Waals surface area contributed by atoms with Gasteiger partial charge in [-0.3, -0.25) is 9.78 Å². The van der Waals surface area contributed by atoms with Gasteiger partial charge in [-0.05, 0) is 36.8 Å². The quantitative estimate of drug-likeness (QED) is 0.896. The van der Waals surface area contributed by atoms with Crippen LogP contribution in [-0.2, 0) is 11.3 Å². The molecule has 0 aliphatic carbocycles. The Balaban J connectivity index is 2.00. The van der Waals surface area contributed by atoms with Gasteiger partial charge in [-0.15, -0.1) is 0 Å². The van der Waals surface area contributed by atoms with Crippen LogP contribution in [0.15, 0.2) is 41.1 Å². The average molecular weight is 260 g/mol. The Bertz CT molecular complexity index is 537. The molecule has 0 aliphatic heterocycles. The number of nitrogens with zero attached hydrogens (tertiary/aromatic N) is 1. The summed E-state index contributed by atoms with van der Waals surface area (Å²) in [5.74, 6) is 0.670. The summed E-state index contributed by atoms with van der Waals surface area (Å²) >= 11 is 0. The van der Waals surface area contributed by atoms with Gasteiger partial charge in [0.2, 0.25) is 0 Å². The number of ether oxygens (including phenoxy) is 1. The van der Waals surface area contributed by atoms with Crippen molar-refractivity contribution in [3.05, 3.63) is 53.7 Å². The monoisotopic (exact) mass is 260 g/mol. The van der Waals surface area contributed by atoms with Gasteiger partial charge in [-0.2, -0.15) is 0 Å². The Kier molecular flexibility index (Phi) is 4.30. The Labute approximate surface area is 111 Å². The molecule has 5 heteroatoms. The number of carbonyl (C=O) groups excluding carboxylic acids is 1. The predicted molar refractivity (Wildman–Crippen MR) is 69.5 cm³/mol. The van der Waals surface area contributed by atoms with Gasteiger partial charge in [0.05, 0.1) is 6.04 Å². The number of furan rings is 1. The van der Waals surface area contributed by atoms with Crippen LogP contribution >= 0.6 is 0 Å². The standard InChI is InChI=1S/C14H16N2O3/c1-10(11-5-7-15-8-6-11)16-14(17)13-4-3-12(19-13)9-18-2/h3-8,10H,9H2,1-2H3,(H,16,17). The molecule has 100 valence electrons. The highest BCUT2D eigenvalue weighted by molar-refractivity contribution is 5.91. The summed E-state index contributed by atoms with van der Waals surface area (Å²) in [4.78, 5) is 15.9. The van der Waals surface area contributed by atoms with E-state index in [2.05, 4.69) is 10.3 Å². The number of aromatic nitrogens is 1. The van der Waals surface area contributed by atoms with Crippen molar-refractivity contribution in [2.75, 3.05) is 7.11 Å². The second kappa shape index (κ2) is 6.15. The van der Waals surface area contributed by atoms with Crippen LogP contribution in [0.2, 0.25) is 0 Å². The fourth-order valence-corrected chi connectivity index (χ4v) is 1.72. The fraction of sp³-hybridized carbons (Fsp3) is 0.286. The fourth-order valence-electron chi connectivity index (χ4n) is 1.72. The van der Waals surface area contributed by atoms with Gasteiger partial charge in [0.15, 0.2) is 5.76 Å². The van der Waals surface area contributed by atoms with Gasteiger partial charge in [0.25, 0.3) is 5.91 Å². The third-order valence-electron chi connectivity index (χ3n) is 2.73. The number of rotatable bonds is 5. The third kappa shape index (κ3) is 3.42. The molecule has 1 atom stereocenters. The van der Waals surface area contributed by atoms with Crippen molar-refractivity contribution in [2.45, 2.75) is 19.6 Å². The molecule has 0 aromatic carbocycles. The molecule has 0 bridgehead atoms. The molecule has 0 aliphatic rings. The number of nitrogens with one attached hydrogen (secondary N) is 1. The van der Waals surface area contributed by atoms with Crippen molar-refractivity contribution >= 4 is 5.91 Å². The van der Waals surface area contributed by atoms with Crippen LogP contribution in [0.3, 0.4) is 0 Å². The molecule has 1 N–H and O–H groups in total. The Morgan fingerprint density at radius 2 is 2.11 bits per heavy atom. The van der Waals surface area contributed by atoms with Crippen LogP contribution in [-0.4, -0.2) is 18.0 Å². The molecule has 2 aromatic rings. The molecule has 2 aromatic heterocycles. The van der Waals surface area contributed by atoms with Gasteiger partial charge in [0, 0.05) is 19.5 Å². The topological polar surface area (TPSA) is 64.4 Å². The maximum atomic E-state index is 12.0. The first-order chi connectivity index (χ1) is 9.20. The number of methoxy groups -OCH3 is 1. The highest BCUT2D eigenvalue weighted by Gasteiger charge is 2.14. The highest BCUT2D eigenvalue weighted by Crippen LogP contribution is 2.13. The molecule has 19 heavy (non-hydrogen) atoms. The molecule has 0 radical (unpaired) electrons. The summed E-state index contributed by atoms with van der Waals surface area (Å²) in [7, 11) is 1.58. The molecule has 0 saturated heterocycles. The molecule has 0 saturated carbocycles. The smallest absolute Gasteiger partial charge is 0.287 e. The van der Waals surface area contributed by atoms with Crippen LogP contribution in [0.5, 0.6) is 0 Å². The average Bonchev–Trinajstić information content (AvgIpc) is 2.89. The van der Waals surface area contributed by atoms with Crippen molar-refractivity contribution in [1.29, 1.82) is 0 Å². The third-order valence-corrected chi connectivity index (χ3v) is 2.73. The molecule has 1 unspecified atom stereocenters. The van der Waals surface area contributed by atoms with E-state index in [1.165, 1.54) is 0 Å². The van der Waals surface area contributed by atoms with Crippen LogP contribution < -0.4 is 5.32 Å². The molecule has 5 nitrogen and oxygen atoms in total. The molecule has 1 amide bonds. The second-order valence-electron chi connectivity index (χ2n) is 4.17. The normalized spacial score (nSPS) is 12.1. The zero-order valence-corrected chi connectivity index (χ0v) is 10.9. The number of pyridine rings is 1. The lowest BCUT2D eigenvalue weighted by Gasteiger charge is -2.12. The summed E-state index contributed by atoms with van der Waals surface area (Å²) in [6, 6.07) is 7.00. The molecule has 2 heterocycles. The summed E-state index contributed by atoms with van der Waals surface area (Å²) < 4.78 is 10.3. The summed E-state index contributed by atoms with van der Waals surface area (Å²) in [5, 5.41) is 2.87. The number of hydrogen-bond acceptors (Lipinski definition) is 4. The number of hydrogen-bond donors (Lipinski definition) is 1. The van der Waals surface area contributed by atoms with E-state index in [9.17, 15) is 4.79 Å². The van der Waals surface area contributed by atoms with Crippen LogP contribution in [0.4, 0.5) is 0 Å². The summed E-state index contributed by atoms with van der Waals surface area (Å²) in [6.45, 7) is 2.26. The highest BCUT2D eigenvalue weighted by atomic mass is 16.5. The predicted octanol–water partition coefficient (Wildman–Crippen LogP) is 2.31. The van der Waals surface area contributed by atoms with Crippen molar-refractivity contribution in [3.63, 3.8) is 0 Å². The second-order valence-corrected chi connectivity index (χ2v) is 4.17. The molecular formula is C14H16N2O3. The molecule has 0 fully saturated rings. The van der Waals surface area contributed by atoms with Crippen molar-refractivity contribution in [2.24, 2.45) is 0 Å². The van der Waals surface area contributed by atoms with E-state index in [1.807, 2.05) is 19.1 Å². The van der Waals surface area contributed by atoms with Gasteiger partial charge in [-0.1, -0.05) is 0 Å². The first-order valence-electron chi connectivity index (χ1n) is 5.99. The Morgan fingerprint density at radius 3 is 2.79 bits per heavy atom. The lowest BCUT2D eigenvalue weighted by molar-refractivity contribution is 0.0903. The molecule has 2 rings (SSSR count). The maximum Gasteiger partial charge on any atom is 0.287 e. The van der Waals surface area contributed by atoms with Crippen molar-refractivity contribution in [1.82, 2.24) is 10.3 Å². The molecule has 0 spiro atoms. The van der Waals surface area contributed by atoms with Crippen LogP contribution in [0, 0.1) is 0 Å². The SMILES string of the molecule is COCc1ccc(C(=O)NC(C)c2ccncc2)o1. The van der Waals surface area contributed by atoms with Crippen LogP contribution in [0.25, 0.3) is 0 Å². The largest absolute Gasteiger partial charge is 0.453 e. The summed E-state index contributed by atoms with van der Waals surface area (Å²) in [6.07, 6.45) is 3.39. The van der Waals surface area contributed by atoms with E-state index in [-0.39, 0.29) is 17.7 Å². The Morgan fingerprint density at radius 1 is 1.37 bits per heavy atom. The van der Waals surface area contributed by atoms with E-state index in [4.69, 9.17) is 9.15 Å². The van der Waals surface area contributed by atoms with Crippen LogP contribution in [0.1, 0.15) is 34.8 Å². The van der Waals surface area contributed by atoms with E-state index < -0.39 is 0 Å². The Hall–Kier alpha value is -2.14. The number of amides is 1. The number of carbonyl (C=O) groups is 1. The lowest BCUT2D eigenvalue weighted by atomic mass is 10.1. The first kappa shape index (κ1) is 13.3. The van der Waals surface area contributed by atoms with E-state index in [0.29, 0.717) is 12.4 Å². The van der Waals surface area contributed by atoms with Gasteiger partial charge in [-0.25, -0.2) is 0 Å². The van der Waals surface area contributed by atoms with E-state index in [0.717, 1.165) is 5.56 Å². The van der Waals surface area contributed by atoms with Gasteiger partial charge in [0.1, 0.15) is 12.4 Å². The zero-order valence-electron chi connectivity index (χ0n) is 10.9. The first-order valence-corrected chi connectivity index (χ1v) is 5.99. The van der Waals surface area contributed by atoms with Gasteiger partial charge < -0.3 is 14.5 Å². The maximum absolute atomic E-state index is 12.0. The van der Waals surface area contributed by atoms with Gasteiger partial charge >= 0.3 is 0 Å².